The quantitative estimate of drug-likeness (QED) is 0.736. The molecular formula is C12H16O2S. The molecule has 1 aromatic rings. The van der Waals surface area contributed by atoms with Crippen molar-refractivity contribution in [2.75, 3.05) is 6.61 Å². The van der Waals surface area contributed by atoms with Gasteiger partial charge in [0.25, 0.3) is 0 Å². The zero-order valence-electron chi connectivity index (χ0n) is 9.32. The highest BCUT2D eigenvalue weighted by atomic mass is 32.1. The topological polar surface area (TPSA) is 26.3 Å². The third kappa shape index (κ3) is 4.30. The SMILES string of the molecule is CC(C)(C)C(=O)OC/C=C\c1cccs1. The Hall–Kier alpha value is -1.09. The van der Waals surface area contributed by atoms with Crippen LogP contribution < -0.4 is 0 Å². The van der Waals surface area contributed by atoms with E-state index in [1.807, 2.05) is 50.4 Å². The van der Waals surface area contributed by atoms with Gasteiger partial charge in [-0.3, -0.25) is 4.79 Å². The third-order valence-electron chi connectivity index (χ3n) is 1.75. The molecule has 0 aromatic carbocycles. The highest BCUT2D eigenvalue weighted by Crippen LogP contribution is 2.15. The Morgan fingerprint density at radius 1 is 1.53 bits per heavy atom. The summed E-state index contributed by atoms with van der Waals surface area (Å²) in [6.45, 7) is 5.88. The first-order valence-electron chi connectivity index (χ1n) is 4.87. The lowest BCUT2D eigenvalue weighted by molar-refractivity contribution is -0.151. The first-order valence-corrected chi connectivity index (χ1v) is 5.75. The molecule has 0 radical (unpaired) electrons. The Morgan fingerprint density at radius 2 is 2.27 bits per heavy atom. The molecule has 2 nitrogen and oxygen atoms in total. The molecule has 3 heteroatoms. The number of ether oxygens (including phenoxy) is 1. The van der Waals surface area contributed by atoms with Crippen molar-refractivity contribution in [2.24, 2.45) is 5.41 Å². The van der Waals surface area contributed by atoms with Crippen LogP contribution in [-0.4, -0.2) is 12.6 Å². The van der Waals surface area contributed by atoms with Gasteiger partial charge in [-0.15, -0.1) is 11.3 Å². The van der Waals surface area contributed by atoms with Crippen molar-refractivity contribution >= 4 is 23.4 Å². The second kappa shape index (κ2) is 5.12. The predicted molar refractivity (Wildman–Crippen MR) is 63.8 cm³/mol. The highest BCUT2D eigenvalue weighted by Gasteiger charge is 2.22. The second-order valence-corrected chi connectivity index (χ2v) is 5.25. The summed E-state index contributed by atoms with van der Waals surface area (Å²) in [6.07, 6.45) is 3.82. The van der Waals surface area contributed by atoms with Crippen LogP contribution in [0.1, 0.15) is 25.6 Å². The van der Waals surface area contributed by atoms with Crippen molar-refractivity contribution in [3.8, 4) is 0 Å². The van der Waals surface area contributed by atoms with Gasteiger partial charge in [-0.1, -0.05) is 6.07 Å². The molecule has 0 fully saturated rings. The van der Waals surface area contributed by atoms with Crippen LogP contribution in [0.3, 0.4) is 0 Å². The zero-order valence-corrected chi connectivity index (χ0v) is 10.1. The van der Waals surface area contributed by atoms with Gasteiger partial charge in [0.2, 0.25) is 0 Å². The summed E-state index contributed by atoms with van der Waals surface area (Å²) in [7, 11) is 0. The van der Waals surface area contributed by atoms with E-state index < -0.39 is 5.41 Å². The summed E-state index contributed by atoms with van der Waals surface area (Å²) >= 11 is 1.66. The molecule has 0 saturated heterocycles. The molecule has 0 N–H and O–H groups in total. The summed E-state index contributed by atoms with van der Waals surface area (Å²) in [4.78, 5) is 12.5. The normalized spacial score (nSPS) is 11.9. The Labute approximate surface area is 94.6 Å². The van der Waals surface area contributed by atoms with Crippen LogP contribution in [0.5, 0.6) is 0 Å². The van der Waals surface area contributed by atoms with Crippen LogP contribution in [-0.2, 0) is 9.53 Å². The molecule has 0 bridgehead atoms. The maximum Gasteiger partial charge on any atom is 0.311 e. The van der Waals surface area contributed by atoms with E-state index in [4.69, 9.17) is 4.74 Å². The van der Waals surface area contributed by atoms with Gasteiger partial charge < -0.3 is 4.74 Å². The fourth-order valence-corrected chi connectivity index (χ4v) is 1.54. The Balaban J connectivity index is 2.31. The lowest BCUT2D eigenvalue weighted by Gasteiger charge is -2.15. The van der Waals surface area contributed by atoms with Gasteiger partial charge in [0.05, 0.1) is 5.41 Å². The van der Waals surface area contributed by atoms with Crippen molar-refractivity contribution < 1.29 is 9.53 Å². The fourth-order valence-electron chi connectivity index (χ4n) is 0.891. The Morgan fingerprint density at radius 3 is 2.80 bits per heavy atom. The van der Waals surface area contributed by atoms with E-state index in [0.717, 1.165) is 0 Å². The van der Waals surface area contributed by atoms with Gasteiger partial charge in [-0.05, 0) is 44.4 Å². The molecule has 0 unspecified atom stereocenters. The number of esters is 1. The predicted octanol–water partition coefficient (Wildman–Crippen LogP) is 3.35. The highest BCUT2D eigenvalue weighted by molar-refractivity contribution is 7.10. The first-order chi connectivity index (χ1) is 7.00. The molecule has 1 aromatic heterocycles. The van der Waals surface area contributed by atoms with Crippen LogP contribution in [0.2, 0.25) is 0 Å². The number of carbonyl (C=O) groups is 1. The summed E-state index contributed by atoms with van der Waals surface area (Å²) < 4.78 is 5.08. The largest absolute Gasteiger partial charge is 0.461 e. The van der Waals surface area contributed by atoms with E-state index in [0.29, 0.717) is 6.61 Å². The maximum atomic E-state index is 11.4. The molecule has 0 saturated carbocycles. The molecule has 0 aliphatic rings. The molecule has 0 aliphatic carbocycles. The van der Waals surface area contributed by atoms with Crippen molar-refractivity contribution in [3.05, 3.63) is 28.5 Å². The molecule has 0 aliphatic heterocycles. The van der Waals surface area contributed by atoms with Crippen molar-refractivity contribution in [2.45, 2.75) is 20.8 Å². The molecule has 15 heavy (non-hydrogen) atoms. The number of carbonyl (C=O) groups excluding carboxylic acids is 1. The van der Waals surface area contributed by atoms with Crippen LogP contribution in [0.4, 0.5) is 0 Å². The monoisotopic (exact) mass is 224 g/mol. The van der Waals surface area contributed by atoms with Gasteiger partial charge in [0, 0.05) is 4.88 Å². The van der Waals surface area contributed by atoms with E-state index in [1.165, 1.54) is 4.88 Å². The number of hydrogen-bond donors (Lipinski definition) is 0. The number of rotatable bonds is 3. The molecule has 0 amide bonds. The first kappa shape index (κ1) is 12.0. The summed E-state index contributed by atoms with van der Waals surface area (Å²) in [6, 6.07) is 4.01. The Bertz CT molecular complexity index is 331. The van der Waals surface area contributed by atoms with E-state index in [9.17, 15) is 4.79 Å². The van der Waals surface area contributed by atoms with Gasteiger partial charge in [-0.2, -0.15) is 0 Å². The van der Waals surface area contributed by atoms with Crippen LogP contribution in [0.15, 0.2) is 23.6 Å². The summed E-state index contributed by atoms with van der Waals surface area (Å²) in [5.41, 5.74) is -0.420. The average Bonchev–Trinajstić information content (AvgIpc) is 2.63. The molecule has 1 rings (SSSR count). The molecular weight excluding hydrogens is 208 g/mol. The van der Waals surface area contributed by atoms with Crippen LogP contribution in [0, 0.1) is 5.41 Å². The van der Waals surface area contributed by atoms with Gasteiger partial charge >= 0.3 is 5.97 Å². The van der Waals surface area contributed by atoms with Gasteiger partial charge in [0.15, 0.2) is 0 Å². The standard InChI is InChI=1S/C12H16O2S/c1-12(2,3)11(13)14-8-4-6-10-7-5-9-15-10/h4-7,9H,8H2,1-3H3/b6-4-. The average molecular weight is 224 g/mol. The molecule has 0 spiro atoms. The summed E-state index contributed by atoms with van der Waals surface area (Å²) in [5.74, 6) is -0.168. The lowest BCUT2D eigenvalue weighted by Crippen LogP contribution is -2.22. The van der Waals surface area contributed by atoms with Gasteiger partial charge in [-0.25, -0.2) is 0 Å². The minimum absolute atomic E-state index is 0.168. The van der Waals surface area contributed by atoms with E-state index >= 15 is 0 Å². The third-order valence-corrected chi connectivity index (χ3v) is 2.59. The molecule has 0 atom stereocenters. The van der Waals surface area contributed by atoms with E-state index in [2.05, 4.69) is 0 Å². The van der Waals surface area contributed by atoms with Crippen molar-refractivity contribution in [3.63, 3.8) is 0 Å². The van der Waals surface area contributed by atoms with Crippen LogP contribution in [0.25, 0.3) is 6.08 Å². The van der Waals surface area contributed by atoms with Crippen LogP contribution >= 0.6 is 11.3 Å². The zero-order chi connectivity index (χ0) is 11.3. The minimum atomic E-state index is -0.420. The minimum Gasteiger partial charge on any atom is -0.461 e. The van der Waals surface area contributed by atoms with Gasteiger partial charge in [0.1, 0.15) is 6.61 Å². The lowest BCUT2D eigenvalue weighted by atomic mass is 9.97. The van der Waals surface area contributed by atoms with Crippen molar-refractivity contribution in [1.82, 2.24) is 0 Å². The summed E-state index contributed by atoms with van der Waals surface area (Å²) in [5, 5.41) is 2.01. The second-order valence-electron chi connectivity index (χ2n) is 4.27. The number of thiophene rings is 1. The number of hydrogen-bond acceptors (Lipinski definition) is 3. The van der Waals surface area contributed by atoms with E-state index in [-0.39, 0.29) is 5.97 Å². The Kier molecular flexibility index (Phi) is 4.09. The fraction of sp³-hybridized carbons (Fsp3) is 0.417. The molecule has 82 valence electrons. The smallest absolute Gasteiger partial charge is 0.311 e. The van der Waals surface area contributed by atoms with E-state index in [1.54, 1.807) is 11.3 Å². The molecule has 1 heterocycles. The maximum absolute atomic E-state index is 11.4. The van der Waals surface area contributed by atoms with Crippen molar-refractivity contribution in [1.29, 1.82) is 0 Å².